The fourth-order valence-corrected chi connectivity index (χ4v) is 2.92. The van der Waals surface area contributed by atoms with Gasteiger partial charge in [-0.05, 0) is 43.5 Å². The summed E-state index contributed by atoms with van der Waals surface area (Å²) in [6, 6.07) is 5.47. The van der Waals surface area contributed by atoms with Gasteiger partial charge >= 0.3 is 0 Å². The van der Waals surface area contributed by atoms with Gasteiger partial charge in [-0.3, -0.25) is 4.79 Å². The summed E-state index contributed by atoms with van der Waals surface area (Å²) in [5.41, 5.74) is 1.90. The number of aromatic hydroxyl groups is 1. The van der Waals surface area contributed by atoms with Crippen molar-refractivity contribution in [3.8, 4) is 5.75 Å². The van der Waals surface area contributed by atoms with Gasteiger partial charge in [0.2, 0.25) is 0 Å². The van der Waals surface area contributed by atoms with Crippen LogP contribution in [0.3, 0.4) is 0 Å². The van der Waals surface area contributed by atoms with Crippen molar-refractivity contribution < 1.29 is 9.90 Å². The van der Waals surface area contributed by atoms with E-state index >= 15 is 0 Å². The van der Waals surface area contributed by atoms with Gasteiger partial charge in [0.1, 0.15) is 5.75 Å². The Bertz CT molecular complexity index is 469. The number of piperidine rings is 1. The maximum atomic E-state index is 11.4. The molecule has 0 radical (unpaired) electrons. The van der Waals surface area contributed by atoms with Crippen LogP contribution in [0.1, 0.15) is 29.3 Å². The molecular weight excluding hydrogens is 202 g/mol. The number of fused-ring (bicyclic) bond motifs is 1. The normalized spacial score (nSPS) is 31.2. The summed E-state index contributed by atoms with van der Waals surface area (Å²) in [6.07, 6.45) is 1.21. The van der Waals surface area contributed by atoms with Gasteiger partial charge in [-0.2, -0.15) is 0 Å². The second-order valence-corrected chi connectivity index (χ2v) is 4.98. The lowest BCUT2D eigenvalue weighted by Crippen LogP contribution is -2.19. The van der Waals surface area contributed by atoms with Crippen molar-refractivity contribution in [2.75, 3.05) is 13.1 Å². The molecule has 3 rings (SSSR count). The van der Waals surface area contributed by atoms with Gasteiger partial charge in [-0.15, -0.1) is 0 Å². The second-order valence-electron chi connectivity index (χ2n) is 4.98. The van der Waals surface area contributed by atoms with Crippen molar-refractivity contribution in [3.63, 3.8) is 0 Å². The van der Waals surface area contributed by atoms with Gasteiger partial charge in [0.15, 0.2) is 5.78 Å². The number of hydrogen-bond acceptors (Lipinski definition) is 3. The van der Waals surface area contributed by atoms with Gasteiger partial charge in [0, 0.05) is 12.0 Å². The SMILES string of the molecule is CC(=O)c1cc(C23CNC[C@H]2C3)ccc1O. The van der Waals surface area contributed by atoms with E-state index in [0.29, 0.717) is 5.56 Å². The van der Waals surface area contributed by atoms with Crippen LogP contribution in [0.4, 0.5) is 0 Å². The van der Waals surface area contributed by atoms with Crippen molar-refractivity contribution in [3.05, 3.63) is 29.3 Å². The van der Waals surface area contributed by atoms with Crippen LogP contribution in [0, 0.1) is 5.92 Å². The molecule has 0 amide bonds. The zero-order valence-corrected chi connectivity index (χ0v) is 9.29. The van der Waals surface area contributed by atoms with E-state index in [2.05, 4.69) is 5.32 Å². The minimum absolute atomic E-state index is 0.0705. The van der Waals surface area contributed by atoms with Crippen LogP contribution in [0.2, 0.25) is 0 Å². The molecule has 1 heterocycles. The standard InChI is InChI=1S/C13H15NO2/c1-8(15)11-4-9(2-3-12(11)16)13-5-10(13)6-14-7-13/h2-4,10,14,16H,5-7H2,1H3/t10-,13?/m1/s1. The molecular formula is C13H15NO2. The van der Waals surface area contributed by atoms with E-state index in [1.54, 1.807) is 6.07 Å². The van der Waals surface area contributed by atoms with Crippen LogP contribution in [0.15, 0.2) is 18.2 Å². The molecule has 1 saturated heterocycles. The molecule has 1 saturated carbocycles. The minimum atomic E-state index is -0.0705. The summed E-state index contributed by atoms with van der Waals surface area (Å²) >= 11 is 0. The van der Waals surface area contributed by atoms with E-state index in [1.165, 1.54) is 18.9 Å². The first-order valence-electron chi connectivity index (χ1n) is 5.69. The van der Waals surface area contributed by atoms with Crippen LogP contribution in [-0.4, -0.2) is 24.0 Å². The first-order chi connectivity index (χ1) is 7.63. The molecule has 84 valence electrons. The lowest BCUT2D eigenvalue weighted by Gasteiger charge is -2.13. The molecule has 1 aliphatic heterocycles. The Morgan fingerprint density at radius 3 is 2.94 bits per heavy atom. The number of hydrogen-bond donors (Lipinski definition) is 2. The lowest BCUT2D eigenvalue weighted by molar-refractivity contribution is 0.101. The average molecular weight is 217 g/mol. The third-order valence-electron chi connectivity index (χ3n) is 4.01. The zero-order valence-electron chi connectivity index (χ0n) is 9.29. The summed E-state index contributed by atoms with van der Waals surface area (Å²) in [6.45, 7) is 3.57. The fraction of sp³-hybridized carbons (Fsp3) is 0.462. The van der Waals surface area contributed by atoms with E-state index < -0.39 is 0 Å². The van der Waals surface area contributed by atoms with Gasteiger partial charge in [-0.1, -0.05) is 6.07 Å². The number of Topliss-reactive ketones (excluding diaryl/α,β-unsaturated/α-hetero) is 1. The van der Waals surface area contributed by atoms with Gasteiger partial charge in [-0.25, -0.2) is 0 Å². The Kier molecular flexibility index (Phi) is 1.89. The first-order valence-corrected chi connectivity index (χ1v) is 5.69. The molecule has 1 aromatic carbocycles. The summed E-state index contributed by atoms with van der Waals surface area (Å²) in [5.74, 6) is 0.742. The fourth-order valence-electron chi connectivity index (χ4n) is 2.92. The molecule has 0 bridgehead atoms. The van der Waals surface area contributed by atoms with Crippen LogP contribution in [0.25, 0.3) is 0 Å². The van der Waals surface area contributed by atoms with Crippen LogP contribution in [-0.2, 0) is 5.41 Å². The second kappa shape index (κ2) is 3.08. The van der Waals surface area contributed by atoms with E-state index in [4.69, 9.17) is 0 Å². The highest BCUT2D eigenvalue weighted by Gasteiger charge is 2.58. The molecule has 2 fully saturated rings. The van der Waals surface area contributed by atoms with Crippen LogP contribution >= 0.6 is 0 Å². The Labute approximate surface area is 94.5 Å². The quantitative estimate of drug-likeness (QED) is 0.737. The van der Waals surface area contributed by atoms with E-state index in [-0.39, 0.29) is 16.9 Å². The van der Waals surface area contributed by atoms with Crippen molar-refractivity contribution >= 4 is 5.78 Å². The number of nitrogens with one attached hydrogen (secondary N) is 1. The molecule has 1 unspecified atom stereocenters. The van der Waals surface area contributed by atoms with E-state index in [0.717, 1.165) is 19.0 Å². The Morgan fingerprint density at radius 2 is 2.38 bits per heavy atom. The van der Waals surface area contributed by atoms with Crippen LogP contribution < -0.4 is 5.32 Å². The minimum Gasteiger partial charge on any atom is -0.507 e. The Balaban J connectivity index is 2.03. The lowest BCUT2D eigenvalue weighted by atomic mass is 9.92. The predicted molar refractivity (Wildman–Crippen MR) is 60.8 cm³/mol. The highest BCUT2D eigenvalue weighted by molar-refractivity contribution is 5.97. The smallest absolute Gasteiger partial charge is 0.163 e. The zero-order chi connectivity index (χ0) is 11.3. The topological polar surface area (TPSA) is 49.3 Å². The highest BCUT2D eigenvalue weighted by Crippen LogP contribution is 2.56. The van der Waals surface area contributed by atoms with Crippen molar-refractivity contribution in [2.45, 2.75) is 18.8 Å². The third kappa shape index (κ3) is 1.21. The monoisotopic (exact) mass is 217 g/mol. The molecule has 3 heteroatoms. The number of phenols is 1. The molecule has 1 aromatic rings. The number of phenolic OH excluding ortho intramolecular Hbond substituents is 1. The number of carbonyl (C=O) groups is 1. The van der Waals surface area contributed by atoms with Crippen molar-refractivity contribution in [2.24, 2.45) is 5.92 Å². The Morgan fingerprint density at radius 1 is 1.56 bits per heavy atom. The number of ketones is 1. The molecule has 0 spiro atoms. The van der Waals surface area contributed by atoms with Crippen molar-refractivity contribution in [1.82, 2.24) is 5.32 Å². The van der Waals surface area contributed by atoms with E-state index in [1.807, 2.05) is 12.1 Å². The highest BCUT2D eigenvalue weighted by atomic mass is 16.3. The average Bonchev–Trinajstić information content (AvgIpc) is 2.82. The third-order valence-corrected chi connectivity index (χ3v) is 4.01. The van der Waals surface area contributed by atoms with E-state index in [9.17, 15) is 9.90 Å². The summed E-state index contributed by atoms with van der Waals surface area (Å²) in [4.78, 5) is 11.4. The number of carbonyl (C=O) groups excluding carboxylic acids is 1. The molecule has 1 aliphatic carbocycles. The number of rotatable bonds is 2. The Hall–Kier alpha value is -1.35. The molecule has 2 N–H and O–H groups in total. The maximum absolute atomic E-state index is 11.4. The molecule has 16 heavy (non-hydrogen) atoms. The summed E-state index contributed by atoms with van der Waals surface area (Å²) in [7, 11) is 0. The molecule has 0 aromatic heterocycles. The number of benzene rings is 1. The largest absolute Gasteiger partial charge is 0.507 e. The van der Waals surface area contributed by atoms with Gasteiger partial charge in [0.05, 0.1) is 5.56 Å². The predicted octanol–water partition coefficient (Wildman–Crippen LogP) is 1.46. The summed E-state index contributed by atoms with van der Waals surface area (Å²) in [5, 5.41) is 13.0. The first kappa shape index (κ1) is 9.85. The van der Waals surface area contributed by atoms with Gasteiger partial charge < -0.3 is 10.4 Å². The molecule has 2 aliphatic rings. The maximum Gasteiger partial charge on any atom is 0.163 e. The van der Waals surface area contributed by atoms with Crippen LogP contribution in [0.5, 0.6) is 5.75 Å². The molecule has 3 nitrogen and oxygen atoms in total. The molecule has 2 atom stereocenters. The summed E-state index contributed by atoms with van der Waals surface area (Å²) < 4.78 is 0. The van der Waals surface area contributed by atoms with Crippen molar-refractivity contribution in [1.29, 1.82) is 0 Å². The van der Waals surface area contributed by atoms with Gasteiger partial charge in [0.25, 0.3) is 0 Å².